The first kappa shape index (κ1) is 26.9. The van der Waals surface area contributed by atoms with Crippen LogP contribution >= 0.6 is 0 Å². The lowest BCUT2D eigenvalue weighted by atomic mass is 9.93. The summed E-state index contributed by atoms with van der Waals surface area (Å²) in [6, 6.07) is 9.33. The Morgan fingerprint density at radius 2 is 2.06 bits per heavy atom. The van der Waals surface area contributed by atoms with Crippen molar-refractivity contribution in [2.45, 2.75) is 65.1 Å². The Hall–Kier alpha value is -3.68. The van der Waals surface area contributed by atoms with E-state index in [0.717, 1.165) is 30.6 Å². The Bertz CT molecular complexity index is 1150. The van der Waals surface area contributed by atoms with Gasteiger partial charge in [-0.2, -0.15) is 5.10 Å². The molecule has 2 unspecified atom stereocenters. The standard InChI is InChI=1S/C28H37N5O3/c1-7-11-21(9-3)30-27(35)28(5)19-33-25(26(34)32(28)18-22(12-8-2)29-10-4)17-24(31-33)20-13-15-23(36-6)16-14-20/h8,10,12-17,21H,2,7,9,11,18-19H2,1,3-6H3,(H,30,35)/b22-12-,29-10?. The number of allylic oxidation sites excluding steroid dienone is 2. The van der Waals surface area contributed by atoms with Crippen LogP contribution in [0.2, 0.25) is 0 Å². The van der Waals surface area contributed by atoms with E-state index in [1.54, 1.807) is 48.0 Å². The van der Waals surface area contributed by atoms with Gasteiger partial charge in [0, 0.05) is 17.8 Å². The number of methoxy groups -OCH3 is 1. The van der Waals surface area contributed by atoms with Crippen LogP contribution < -0.4 is 10.1 Å². The Morgan fingerprint density at radius 3 is 2.64 bits per heavy atom. The van der Waals surface area contributed by atoms with Gasteiger partial charge in [-0.1, -0.05) is 32.9 Å². The number of nitrogens with one attached hydrogen (secondary N) is 1. The van der Waals surface area contributed by atoms with Gasteiger partial charge >= 0.3 is 0 Å². The van der Waals surface area contributed by atoms with Crippen molar-refractivity contribution in [3.8, 4) is 17.0 Å². The van der Waals surface area contributed by atoms with E-state index in [1.165, 1.54) is 0 Å². The van der Waals surface area contributed by atoms with E-state index in [9.17, 15) is 9.59 Å². The molecule has 1 aromatic carbocycles. The summed E-state index contributed by atoms with van der Waals surface area (Å²) in [4.78, 5) is 33.6. The third kappa shape index (κ3) is 5.58. The van der Waals surface area contributed by atoms with Crippen LogP contribution in [0.4, 0.5) is 0 Å². The van der Waals surface area contributed by atoms with Gasteiger partial charge < -0.3 is 15.0 Å². The predicted molar refractivity (Wildman–Crippen MR) is 143 cm³/mol. The third-order valence-corrected chi connectivity index (χ3v) is 6.56. The normalized spacial score (nSPS) is 18.8. The van der Waals surface area contributed by atoms with Gasteiger partial charge in [0.25, 0.3) is 5.91 Å². The van der Waals surface area contributed by atoms with Gasteiger partial charge in [0.15, 0.2) is 0 Å². The number of carbonyl (C=O) groups excluding carboxylic acids is 2. The van der Waals surface area contributed by atoms with E-state index in [2.05, 4.69) is 30.7 Å². The van der Waals surface area contributed by atoms with Gasteiger partial charge in [0.05, 0.1) is 31.6 Å². The summed E-state index contributed by atoms with van der Waals surface area (Å²) in [5, 5.41) is 7.90. The first-order valence-corrected chi connectivity index (χ1v) is 12.5. The van der Waals surface area contributed by atoms with Crippen molar-refractivity contribution in [1.29, 1.82) is 0 Å². The number of amides is 2. The van der Waals surface area contributed by atoms with Crippen molar-refractivity contribution in [2.75, 3.05) is 13.7 Å². The maximum absolute atomic E-state index is 13.9. The number of fused-ring (bicyclic) bond motifs is 1. The smallest absolute Gasteiger partial charge is 0.273 e. The molecule has 0 bridgehead atoms. The highest BCUT2D eigenvalue weighted by Gasteiger charge is 2.48. The fraction of sp³-hybridized carbons (Fsp3) is 0.429. The Kier molecular flexibility index (Phi) is 8.85. The second-order valence-corrected chi connectivity index (χ2v) is 9.11. The van der Waals surface area contributed by atoms with Gasteiger partial charge in [0.2, 0.25) is 5.91 Å². The quantitative estimate of drug-likeness (QED) is 0.367. The highest BCUT2D eigenvalue weighted by molar-refractivity contribution is 6.00. The molecular weight excluding hydrogens is 454 g/mol. The maximum atomic E-state index is 13.9. The van der Waals surface area contributed by atoms with E-state index < -0.39 is 5.54 Å². The summed E-state index contributed by atoms with van der Waals surface area (Å²) in [5.41, 5.74) is 1.45. The van der Waals surface area contributed by atoms with Crippen molar-refractivity contribution in [3.05, 3.63) is 60.5 Å². The Balaban J connectivity index is 2.04. The van der Waals surface area contributed by atoms with Crippen LogP contribution in [0.5, 0.6) is 5.75 Å². The monoisotopic (exact) mass is 491 g/mol. The van der Waals surface area contributed by atoms with E-state index >= 15 is 0 Å². The SMILES string of the molecule is C=C/C=C(/CN1C(=O)c2cc(-c3ccc(OC)cc3)nn2CC1(C)C(=O)NC(CC)CCC)N=CC. The van der Waals surface area contributed by atoms with Gasteiger partial charge in [-0.3, -0.25) is 19.3 Å². The number of carbonyl (C=O) groups is 2. The molecule has 2 atom stereocenters. The molecule has 1 aliphatic rings. The molecule has 192 valence electrons. The average molecular weight is 492 g/mol. The summed E-state index contributed by atoms with van der Waals surface area (Å²) in [6.07, 6.45) is 7.72. The number of rotatable bonds is 11. The van der Waals surface area contributed by atoms with E-state index in [1.807, 2.05) is 31.2 Å². The molecule has 1 aromatic heterocycles. The fourth-order valence-electron chi connectivity index (χ4n) is 4.46. The average Bonchev–Trinajstić information content (AvgIpc) is 3.30. The molecule has 2 aromatic rings. The number of hydrogen-bond acceptors (Lipinski definition) is 5. The van der Waals surface area contributed by atoms with E-state index in [-0.39, 0.29) is 30.9 Å². The molecule has 0 radical (unpaired) electrons. The van der Waals surface area contributed by atoms with E-state index in [0.29, 0.717) is 17.1 Å². The molecule has 3 rings (SSSR count). The number of hydrogen-bond donors (Lipinski definition) is 1. The lowest BCUT2D eigenvalue weighted by Crippen LogP contribution is -2.65. The molecular formula is C28H37N5O3. The first-order valence-electron chi connectivity index (χ1n) is 12.5. The maximum Gasteiger partial charge on any atom is 0.273 e. The number of aromatic nitrogens is 2. The highest BCUT2D eigenvalue weighted by atomic mass is 16.5. The van der Waals surface area contributed by atoms with Gasteiger partial charge in [0.1, 0.15) is 17.0 Å². The summed E-state index contributed by atoms with van der Waals surface area (Å²) in [6.45, 7) is 11.9. The van der Waals surface area contributed by atoms with Crippen LogP contribution in [-0.4, -0.2) is 57.9 Å². The van der Waals surface area contributed by atoms with E-state index in [4.69, 9.17) is 9.84 Å². The Labute approximate surface area is 213 Å². The Morgan fingerprint density at radius 1 is 1.33 bits per heavy atom. The third-order valence-electron chi connectivity index (χ3n) is 6.56. The topological polar surface area (TPSA) is 88.8 Å². The molecule has 2 amide bonds. The highest BCUT2D eigenvalue weighted by Crippen LogP contribution is 2.31. The van der Waals surface area contributed by atoms with Crippen LogP contribution in [0, 0.1) is 0 Å². The summed E-state index contributed by atoms with van der Waals surface area (Å²) in [5.74, 6) is 0.280. The summed E-state index contributed by atoms with van der Waals surface area (Å²) in [7, 11) is 1.62. The van der Waals surface area contributed by atoms with Crippen LogP contribution in [0.1, 0.15) is 57.4 Å². The number of aliphatic imine (C=N–C) groups is 1. The number of ether oxygens (including phenoxy) is 1. The molecule has 36 heavy (non-hydrogen) atoms. The molecule has 1 aliphatic heterocycles. The number of benzene rings is 1. The molecule has 8 heteroatoms. The summed E-state index contributed by atoms with van der Waals surface area (Å²) < 4.78 is 6.90. The zero-order valence-corrected chi connectivity index (χ0v) is 22.0. The van der Waals surface area contributed by atoms with Crippen molar-refractivity contribution in [2.24, 2.45) is 4.99 Å². The van der Waals surface area contributed by atoms with Gasteiger partial charge in [-0.15, -0.1) is 0 Å². The molecule has 2 heterocycles. The number of nitrogens with zero attached hydrogens (tertiary/aromatic N) is 4. The van der Waals surface area contributed by atoms with Crippen molar-refractivity contribution >= 4 is 18.0 Å². The largest absolute Gasteiger partial charge is 0.497 e. The molecule has 0 saturated carbocycles. The summed E-state index contributed by atoms with van der Waals surface area (Å²) >= 11 is 0. The van der Waals surface area contributed by atoms with Crippen LogP contribution in [-0.2, 0) is 11.3 Å². The minimum atomic E-state index is -1.15. The van der Waals surface area contributed by atoms with Crippen LogP contribution in [0.3, 0.4) is 0 Å². The van der Waals surface area contributed by atoms with Crippen molar-refractivity contribution < 1.29 is 14.3 Å². The second-order valence-electron chi connectivity index (χ2n) is 9.11. The van der Waals surface area contributed by atoms with Gasteiger partial charge in [-0.25, -0.2) is 0 Å². The predicted octanol–water partition coefficient (Wildman–Crippen LogP) is 4.63. The van der Waals surface area contributed by atoms with Crippen molar-refractivity contribution in [1.82, 2.24) is 20.0 Å². The minimum absolute atomic E-state index is 0.0435. The zero-order valence-electron chi connectivity index (χ0n) is 22.0. The van der Waals surface area contributed by atoms with Crippen molar-refractivity contribution in [3.63, 3.8) is 0 Å². The molecule has 1 N–H and O–H groups in total. The molecule has 0 aliphatic carbocycles. The molecule has 0 saturated heterocycles. The fourth-order valence-corrected chi connectivity index (χ4v) is 4.46. The van der Waals surface area contributed by atoms with Crippen LogP contribution in [0.15, 0.2) is 59.8 Å². The lowest BCUT2D eigenvalue weighted by Gasteiger charge is -2.43. The second kappa shape index (κ2) is 11.8. The van der Waals surface area contributed by atoms with Gasteiger partial charge in [-0.05, 0) is 63.1 Å². The molecule has 0 fully saturated rings. The molecule has 0 spiro atoms. The lowest BCUT2D eigenvalue weighted by molar-refractivity contribution is -0.133. The zero-order chi connectivity index (χ0) is 26.3. The van der Waals surface area contributed by atoms with Crippen LogP contribution in [0.25, 0.3) is 11.3 Å². The molecule has 8 nitrogen and oxygen atoms in total. The first-order chi connectivity index (χ1) is 17.3. The minimum Gasteiger partial charge on any atom is -0.497 e.